The van der Waals surface area contributed by atoms with Crippen molar-refractivity contribution in [2.75, 3.05) is 18.6 Å². The molecular formula is C24H25ClN4O3S. The predicted octanol–water partition coefficient (Wildman–Crippen LogP) is 4.45. The second-order valence-electron chi connectivity index (χ2n) is 7.90. The maximum atomic E-state index is 12.9. The lowest BCUT2D eigenvalue weighted by Gasteiger charge is -2.45. The summed E-state index contributed by atoms with van der Waals surface area (Å²) in [5.74, 6) is -0.100. The zero-order valence-electron chi connectivity index (χ0n) is 18.1. The quantitative estimate of drug-likeness (QED) is 0.292. The second-order valence-corrected chi connectivity index (χ2v) is 9.65. The van der Waals surface area contributed by atoms with Crippen LogP contribution in [-0.4, -0.2) is 57.4 Å². The number of carbonyl (C=O) groups is 2. The van der Waals surface area contributed by atoms with Crippen LogP contribution in [0.25, 0.3) is 17.0 Å². The Morgan fingerprint density at radius 1 is 1.30 bits per heavy atom. The molecule has 4 rings (SSSR count). The highest BCUT2D eigenvalue weighted by Gasteiger charge is 2.37. The van der Waals surface area contributed by atoms with Crippen LogP contribution in [0.15, 0.2) is 48.7 Å². The summed E-state index contributed by atoms with van der Waals surface area (Å²) in [6.07, 6.45) is 6.59. The number of fused-ring (bicyclic) bond motifs is 1. The standard InChI is InChI=1S/C24H25ClN4O3S/c1-2-21-22(15-30)28(11-12-29(21)24(31)8-5-17-4-7-23(25)33-17)14-16-3-6-18-19(27-32)9-10-26-20(18)13-16/h3-10,13,15,21-22,32H,2,11-12,14H2,1H3,(H,26,27)/t21-,22?/m0/s1. The number of thiophene rings is 1. The number of piperazine rings is 1. The van der Waals surface area contributed by atoms with Crippen LogP contribution in [0.2, 0.25) is 4.34 Å². The molecule has 1 fully saturated rings. The van der Waals surface area contributed by atoms with Gasteiger partial charge in [-0.05, 0) is 42.3 Å². The molecule has 2 aromatic heterocycles. The van der Waals surface area contributed by atoms with Gasteiger partial charge in [-0.2, -0.15) is 0 Å². The number of hydrogen-bond acceptors (Lipinski definition) is 7. The van der Waals surface area contributed by atoms with E-state index in [9.17, 15) is 14.8 Å². The van der Waals surface area contributed by atoms with Crippen LogP contribution < -0.4 is 5.48 Å². The lowest BCUT2D eigenvalue weighted by molar-refractivity contribution is -0.135. The summed E-state index contributed by atoms with van der Waals surface area (Å²) in [6.45, 7) is 3.70. The van der Waals surface area contributed by atoms with Gasteiger partial charge in [0.2, 0.25) is 5.91 Å². The largest absolute Gasteiger partial charge is 0.333 e. The smallest absolute Gasteiger partial charge is 0.246 e. The maximum Gasteiger partial charge on any atom is 0.246 e. The van der Waals surface area contributed by atoms with E-state index in [1.165, 1.54) is 11.3 Å². The van der Waals surface area contributed by atoms with Gasteiger partial charge in [0.15, 0.2) is 0 Å². The lowest BCUT2D eigenvalue weighted by atomic mass is 9.98. The van der Waals surface area contributed by atoms with E-state index in [-0.39, 0.29) is 11.9 Å². The van der Waals surface area contributed by atoms with E-state index < -0.39 is 6.04 Å². The molecule has 7 nitrogen and oxygen atoms in total. The van der Waals surface area contributed by atoms with Gasteiger partial charge in [0.1, 0.15) is 6.29 Å². The highest BCUT2D eigenvalue weighted by Crippen LogP contribution is 2.26. The first-order valence-electron chi connectivity index (χ1n) is 10.7. The molecule has 1 aliphatic rings. The summed E-state index contributed by atoms with van der Waals surface area (Å²) in [5, 5.41) is 10.1. The Morgan fingerprint density at radius 2 is 2.15 bits per heavy atom. The van der Waals surface area contributed by atoms with Crippen LogP contribution in [0.4, 0.5) is 5.69 Å². The number of nitrogens with one attached hydrogen (secondary N) is 1. The predicted molar refractivity (Wildman–Crippen MR) is 132 cm³/mol. The molecule has 33 heavy (non-hydrogen) atoms. The maximum absolute atomic E-state index is 12.9. The second kappa shape index (κ2) is 10.4. The van der Waals surface area contributed by atoms with Gasteiger partial charge < -0.3 is 9.69 Å². The molecule has 2 atom stereocenters. The number of benzene rings is 1. The van der Waals surface area contributed by atoms with E-state index >= 15 is 0 Å². The Balaban J connectivity index is 1.50. The van der Waals surface area contributed by atoms with Crippen molar-refractivity contribution in [3.63, 3.8) is 0 Å². The van der Waals surface area contributed by atoms with Gasteiger partial charge in [0.25, 0.3) is 0 Å². The normalized spacial score (nSPS) is 19.3. The van der Waals surface area contributed by atoms with Crippen LogP contribution in [-0.2, 0) is 16.1 Å². The molecule has 0 radical (unpaired) electrons. The summed E-state index contributed by atoms with van der Waals surface area (Å²) in [7, 11) is 0. The Labute approximate surface area is 201 Å². The van der Waals surface area contributed by atoms with Crippen LogP contribution in [0.1, 0.15) is 23.8 Å². The van der Waals surface area contributed by atoms with Crippen LogP contribution in [0.3, 0.4) is 0 Å². The SMILES string of the molecule is CC[C@H]1C(C=O)N(Cc2ccc3c(NO)ccnc3c2)CCN1C(=O)C=Cc1ccc(Cl)s1. The zero-order valence-corrected chi connectivity index (χ0v) is 19.7. The Hall–Kier alpha value is -2.78. The third-order valence-corrected chi connectivity index (χ3v) is 7.18. The Kier molecular flexibility index (Phi) is 7.39. The Bertz CT molecular complexity index is 1180. The summed E-state index contributed by atoms with van der Waals surface area (Å²) in [6, 6.07) is 10.6. The van der Waals surface area contributed by atoms with Gasteiger partial charge in [-0.15, -0.1) is 11.3 Å². The van der Waals surface area contributed by atoms with E-state index in [1.807, 2.05) is 31.2 Å². The highest BCUT2D eigenvalue weighted by atomic mass is 35.5. The Morgan fingerprint density at radius 3 is 2.85 bits per heavy atom. The monoisotopic (exact) mass is 484 g/mol. The number of nitrogens with zero attached hydrogens (tertiary/aromatic N) is 3. The number of halogens is 1. The fraction of sp³-hybridized carbons (Fsp3) is 0.292. The first-order valence-corrected chi connectivity index (χ1v) is 11.9. The molecule has 0 aliphatic carbocycles. The molecule has 1 amide bonds. The van der Waals surface area contributed by atoms with Gasteiger partial charge in [0, 0.05) is 42.2 Å². The fourth-order valence-electron chi connectivity index (χ4n) is 4.37. The highest BCUT2D eigenvalue weighted by molar-refractivity contribution is 7.17. The van der Waals surface area contributed by atoms with Gasteiger partial charge in [-0.3, -0.25) is 25.4 Å². The number of anilines is 1. The van der Waals surface area contributed by atoms with Crippen molar-refractivity contribution < 1.29 is 14.8 Å². The molecule has 1 saturated heterocycles. The molecule has 9 heteroatoms. The van der Waals surface area contributed by atoms with E-state index in [0.717, 1.165) is 27.6 Å². The van der Waals surface area contributed by atoms with E-state index in [4.69, 9.17) is 11.6 Å². The molecule has 3 heterocycles. The first kappa shape index (κ1) is 23.4. The molecule has 3 aromatic rings. The number of aldehydes is 1. The van der Waals surface area contributed by atoms with Crippen LogP contribution >= 0.6 is 22.9 Å². The molecule has 0 spiro atoms. The minimum absolute atomic E-state index is 0.100. The molecule has 2 N–H and O–H groups in total. The average Bonchev–Trinajstić information content (AvgIpc) is 3.26. The topological polar surface area (TPSA) is 85.8 Å². The van der Waals surface area contributed by atoms with E-state index in [0.29, 0.717) is 36.1 Å². The summed E-state index contributed by atoms with van der Waals surface area (Å²) < 4.78 is 0.677. The van der Waals surface area contributed by atoms with Crippen LogP contribution in [0.5, 0.6) is 0 Å². The van der Waals surface area contributed by atoms with E-state index in [1.54, 1.807) is 35.4 Å². The number of aromatic nitrogens is 1. The molecule has 0 bridgehead atoms. The fourth-order valence-corrected chi connectivity index (χ4v) is 5.33. The van der Waals surface area contributed by atoms with Crippen molar-refractivity contribution in [1.82, 2.24) is 14.8 Å². The molecule has 172 valence electrons. The summed E-state index contributed by atoms with van der Waals surface area (Å²) in [4.78, 5) is 34.3. The first-order chi connectivity index (χ1) is 16.0. The van der Waals surface area contributed by atoms with Crippen LogP contribution in [0, 0.1) is 0 Å². The molecular weight excluding hydrogens is 460 g/mol. The van der Waals surface area contributed by atoms with Crippen molar-refractivity contribution in [2.45, 2.75) is 32.0 Å². The van der Waals surface area contributed by atoms with Crippen molar-refractivity contribution >= 4 is 57.8 Å². The van der Waals surface area contributed by atoms with Gasteiger partial charge in [0.05, 0.1) is 27.6 Å². The minimum atomic E-state index is -0.397. The minimum Gasteiger partial charge on any atom is -0.333 e. The summed E-state index contributed by atoms with van der Waals surface area (Å²) >= 11 is 7.38. The van der Waals surface area contributed by atoms with Crippen molar-refractivity contribution in [3.05, 3.63) is 63.4 Å². The number of hydrogen-bond donors (Lipinski definition) is 2. The lowest BCUT2D eigenvalue weighted by Crippen LogP contribution is -2.60. The molecule has 0 saturated carbocycles. The van der Waals surface area contributed by atoms with Crippen molar-refractivity contribution in [3.8, 4) is 0 Å². The third kappa shape index (κ3) is 5.09. The van der Waals surface area contributed by atoms with E-state index in [2.05, 4.69) is 15.4 Å². The number of rotatable bonds is 7. The van der Waals surface area contributed by atoms with Crippen molar-refractivity contribution in [2.24, 2.45) is 0 Å². The number of carbonyl (C=O) groups excluding carboxylic acids is 2. The van der Waals surface area contributed by atoms with Gasteiger partial charge >= 0.3 is 0 Å². The van der Waals surface area contributed by atoms with Crippen molar-refractivity contribution in [1.29, 1.82) is 0 Å². The zero-order chi connectivity index (χ0) is 23.4. The summed E-state index contributed by atoms with van der Waals surface area (Å²) in [5.41, 5.74) is 4.56. The van der Waals surface area contributed by atoms with Gasteiger partial charge in [-0.25, -0.2) is 0 Å². The third-order valence-electron chi connectivity index (χ3n) is 5.98. The number of pyridine rings is 1. The molecule has 1 aliphatic heterocycles. The molecule has 1 unspecified atom stereocenters. The number of amides is 1. The average molecular weight is 485 g/mol. The molecule has 1 aromatic carbocycles. The van der Waals surface area contributed by atoms with Gasteiger partial charge in [-0.1, -0.05) is 30.7 Å².